The molecule has 0 spiro atoms. The van der Waals surface area contributed by atoms with Crippen LogP contribution in [0.4, 0.5) is 0 Å². The monoisotopic (exact) mass is 307 g/mol. The summed E-state index contributed by atoms with van der Waals surface area (Å²) in [7, 11) is 0. The standard InChI is InChI=1S/C15H21N3O2S/c1-11(2)10-18-14(13-7-4-8-20-13)16-17-15(18)21-9-5-6-12(3)19/h4,7-8,11H,5-6,9-10H2,1-3H3. The zero-order valence-corrected chi connectivity index (χ0v) is 13.5. The minimum atomic E-state index is 0.232. The second kappa shape index (κ2) is 7.45. The van der Waals surface area contributed by atoms with Gasteiger partial charge in [0.2, 0.25) is 0 Å². The summed E-state index contributed by atoms with van der Waals surface area (Å²) in [6, 6.07) is 3.74. The number of carbonyl (C=O) groups excluding carboxylic acids is 1. The zero-order valence-electron chi connectivity index (χ0n) is 12.7. The SMILES string of the molecule is CC(=O)CCCSc1nnc(-c2ccco2)n1CC(C)C. The fraction of sp³-hybridized carbons (Fsp3) is 0.533. The van der Waals surface area contributed by atoms with E-state index in [1.54, 1.807) is 24.9 Å². The number of hydrogen-bond acceptors (Lipinski definition) is 5. The van der Waals surface area contributed by atoms with Crippen molar-refractivity contribution in [3.05, 3.63) is 18.4 Å². The highest BCUT2D eigenvalue weighted by Crippen LogP contribution is 2.26. The maximum Gasteiger partial charge on any atom is 0.200 e. The van der Waals surface area contributed by atoms with Crippen molar-refractivity contribution >= 4 is 17.5 Å². The van der Waals surface area contributed by atoms with Crippen LogP contribution in [0.3, 0.4) is 0 Å². The Morgan fingerprint density at radius 2 is 2.24 bits per heavy atom. The summed E-state index contributed by atoms with van der Waals surface area (Å²) in [5.74, 6) is 3.09. The molecule has 0 atom stereocenters. The van der Waals surface area contributed by atoms with E-state index in [0.29, 0.717) is 12.3 Å². The third-order valence-electron chi connectivity index (χ3n) is 2.91. The topological polar surface area (TPSA) is 60.9 Å². The molecule has 2 heterocycles. The predicted octanol–water partition coefficient (Wildman–Crippen LogP) is 3.66. The van der Waals surface area contributed by atoms with Gasteiger partial charge in [-0.15, -0.1) is 10.2 Å². The van der Waals surface area contributed by atoms with Gasteiger partial charge in [0.25, 0.3) is 0 Å². The molecule has 0 fully saturated rings. The summed E-state index contributed by atoms with van der Waals surface area (Å²) in [4.78, 5) is 11.0. The highest BCUT2D eigenvalue weighted by atomic mass is 32.2. The lowest BCUT2D eigenvalue weighted by molar-refractivity contribution is -0.117. The van der Waals surface area contributed by atoms with Crippen molar-refractivity contribution in [1.82, 2.24) is 14.8 Å². The molecule has 0 saturated carbocycles. The van der Waals surface area contributed by atoms with Crippen LogP contribution in [0.5, 0.6) is 0 Å². The van der Waals surface area contributed by atoms with E-state index >= 15 is 0 Å². The normalized spacial score (nSPS) is 11.2. The number of rotatable bonds is 8. The highest BCUT2D eigenvalue weighted by molar-refractivity contribution is 7.99. The summed E-state index contributed by atoms with van der Waals surface area (Å²) in [5.41, 5.74) is 0. The minimum Gasteiger partial charge on any atom is -0.461 e. The van der Waals surface area contributed by atoms with Gasteiger partial charge >= 0.3 is 0 Å². The van der Waals surface area contributed by atoms with Crippen LogP contribution in [0.15, 0.2) is 28.0 Å². The van der Waals surface area contributed by atoms with Crippen molar-refractivity contribution in [1.29, 1.82) is 0 Å². The molecular weight excluding hydrogens is 286 g/mol. The van der Waals surface area contributed by atoms with Crippen LogP contribution in [0.2, 0.25) is 0 Å². The molecular formula is C15H21N3O2S. The van der Waals surface area contributed by atoms with Crippen LogP contribution in [0, 0.1) is 5.92 Å². The Kier molecular flexibility index (Phi) is 5.61. The maximum atomic E-state index is 11.0. The van der Waals surface area contributed by atoms with Gasteiger partial charge in [0, 0.05) is 18.7 Å². The fourth-order valence-electron chi connectivity index (χ4n) is 2.00. The molecule has 2 rings (SSSR count). The Morgan fingerprint density at radius 1 is 1.43 bits per heavy atom. The largest absolute Gasteiger partial charge is 0.461 e. The van der Waals surface area contributed by atoms with Gasteiger partial charge in [0.1, 0.15) is 5.78 Å². The van der Waals surface area contributed by atoms with E-state index in [9.17, 15) is 4.79 Å². The van der Waals surface area contributed by atoms with E-state index in [1.807, 2.05) is 12.1 Å². The van der Waals surface area contributed by atoms with Gasteiger partial charge in [-0.2, -0.15) is 0 Å². The number of ketones is 1. The average molecular weight is 307 g/mol. The van der Waals surface area contributed by atoms with E-state index < -0.39 is 0 Å². The molecule has 0 aliphatic heterocycles. The molecule has 0 aromatic carbocycles. The van der Waals surface area contributed by atoms with E-state index in [2.05, 4.69) is 28.6 Å². The minimum absolute atomic E-state index is 0.232. The van der Waals surface area contributed by atoms with Crippen molar-refractivity contribution < 1.29 is 9.21 Å². The lowest BCUT2D eigenvalue weighted by Gasteiger charge is -2.11. The molecule has 114 valence electrons. The molecule has 5 nitrogen and oxygen atoms in total. The summed E-state index contributed by atoms with van der Waals surface area (Å²) in [5, 5.41) is 9.42. The van der Waals surface area contributed by atoms with Crippen LogP contribution >= 0.6 is 11.8 Å². The predicted molar refractivity (Wildman–Crippen MR) is 83.2 cm³/mol. The molecule has 0 aliphatic rings. The first kappa shape index (κ1) is 15.8. The summed E-state index contributed by atoms with van der Waals surface area (Å²) < 4.78 is 7.53. The lowest BCUT2D eigenvalue weighted by Crippen LogP contribution is -2.07. The van der Waals surface area contributed by atoms with Crippen LogP contribution in [-0.4, -0.2) is 26.3 Å². The van der Waals surface area contributed by atoms with Gasteiger partial charge in [-0.3, -0.25) is 4.57 Å². The van der Waals surface area contributed by atoms with Crippen LogP contribution in [0.25, 0.3) is 11.6 Å². The Labute approximate surface area is 129 Å². The van der Waals surface area contributed by atoms with Gasteiger partial charge in [0.15, 0.2) is 16.7 Å². The number of aromatic nitrogens is 3. The number of thioether (sulfide) groups is 1. The van der Waals surface area contributed by atoms with E-state index in [1.165, 1.54) is 0 Å². The van der Waals surface area contributed by atoms with Crippen LogP contribution in [0.1, 0.15) is 33.6 Å². The smallest absolute Gasteiger partial charge is 0.200 e. The second-order valence-electron chi connectivity index (χ2n) is 5.44. The first-order valence-electron chi connectivity index (χ1n) is 7.17. The first-order valence-corrected chi connectivity index (χ1v) is 8.15. The second-order valence-corrected chi connectivity index (χ2v) is 6.50. The average Bonchev–Trinajstić information content (AvgIpc) is 3.03. The van der Waals surface area contributed by atoms with Crippen molar-refractivity contribution in [2.45, 2.75) is 45.3 Å². The van der Waals surface area contributed by atoms with Crippen LogP contribution < -0.4 is 0 Å². The lowest BCUT2D eigenvalue weighted by atomic mass is 10.2. The molecule has 0 unspecified atom stereocenters. The van der Waals surface area contributed by atoms with Crippen molar-refractivity contribution in [3.8, 4) is 11.6 Å². The summed E-state index contributed by atoms with van der Waals surface area (Å²) in [6.45, 7) is 6.80. The third kappa shape index (κ3) is 4.46. The van der Waals surface area contributed by atoms with Gasteiger partial charge in [-0.1, -0.05) is 25.6 Å². The fourth-order valence-corrected chi connectivity index (χ4v) is 2.88. The molecule has 0 aliphatic carbocycles. The molecule has 0 amide bonds. The molecule has 21 heavy (non-hydrogen) atoms. The van der Waals surface area contributed by atoms with Gasteiger partial charge in [-0.25, -0.2) is 0 Å². The van der Waals surface area contributed by atoms with Gasteiger partial charge in [0.05, 0.1) is 6.26 Å². The number of carbonyl (C=O) groups is 1. The summed E-state index contributed by atoms with van der Waals surface area (Å²) in [6.07, 6.45) is 3.13. The maximum absolute atomic E-state index is 11.0. The highest BCUT2D eigenvalue weighted by Gasteiger charge is 2.17. The number of Topliss-reactive ketones (excluding diaryl/α,β-unsaturated/α-hetero) is 1. The molecule has 0 saturated heterocycles. The van der Waals surface area contributed by atoms with Gasteiger partial charge < -0.3 is 9.21 Å². The Morgan fingerprint density at radius 3 is 2.86 bits per heavy atom. The van der Waals surface area contributed by atoms with Crippen molar-refractivity contribution in [2.24, 2.45) is 5.92 Å². The third-order valence-corrected chi connectivity index (χ3v) is 3.96. The molecule has 0 N–H and O–H groups in total. The van der Waals surface area contributed by atoms with Crippen molar-refractivity contribution in [2.75, 3.05) is 5.75 Å². The molecule has 2 aromatic heterocycles. The molecule has 0 bridgehead atoms. The number of nitrogens with zero attached hydrogens (tertiary/aromatic N) is 3. The Bertz CT molecular complexity index is 576. The van der Waals surface area contributed by atoms with Crippen molar-refractivity contribution in [3.63, 3.8) is 0 Å². The molecule has 2 aromatic rings. The number of furan rings is 1. The Hall–Kier alpha value is -1.56. The first-order chi connectivity index (χ1) is 10.1. The quantitative estimate of drug-likeness (QED) is 0.550. The molecule has 6 heteroatoms. The van der Waals surface area contributed by atoms with E-state index in [-0.39, 0.29) is 5.78 Å². The van der Waals surface area contributed by atoms with Gasteiger partial charge in [-0.05, 0) is 31.4 Å². The summed E-state index contributed by atoms with van der Waals surface area (Å²) >= 11 is 1.64. The molecule has 0 radical (unpaired) electrons. The van der Waals surface area contributed by atoms with E-state index in [4.69, 9.17) is 4.42 Å². The zero-order chi connectivity index (χ0) is 15.2. The van der Waals surface area contributed by atoms with E-state index in [0.717, 1.165) is 35.5 Å². The number of hydrogen-bond donors (Lipinski definition) is 0. The Balaban J connectivity index is 2.11. The van der Waals surface area contributed by atoms with Crippen LogP contribution in [-0.2, 0) is 11.3 Å².